The number of nitrogens with one attached hydrogen (secondary N) is 1. The van der Waals surface area contributed by atoms with Gasteiger partial charge in [-0.25, -0.2) is 0 Å². The fourth-order valence-electron chi connectivity index (χ4n) is 2.76. The Morgan fingerprint density at radius 2 is 1.96 bits per heavy atom. The van der Waals surface area contributed by atoms with Gasteiger partial charge in [-0.05, 0) is 71.9 Å². The average Bonchev–Trinajstić information content (AvgIpc) is 2.58. The number of piperidine rings is 1. The lowest BCUT2D eigenvalue weighted by atomic mass is 10.1. The van der Waals surface area contributed by atoms with Crippen LogP contribution in [-0.2, 0) is 0 Å². The highest BCUT2D eigenvalue weighted by atomic mass is 79.9. The Hall–Kier alpha value is -1.88. The van der Waals surface area contributed by atoms with E-state index in [1.165, 1.54) is 12.0 Å². The molecule has 1 saturated heterocycles. The van der Waals surface area contributed by atoms with Crippen molar-refractivity contribution in [3.05, 3.63) is 52.3 Å². The van der Waals surface area contributed by atoms with Crippen LogP contribution in [0.5, 0.6) is 0 Å². The number of rotatable bonds is 3. The summed E-state index contributed by atoms with van der Waals surface area (Å²) in [6, 6.07) is 9.83. The van der Waals surface area contributed by atoms with Crippen molar-refractivity contribution in [2.24, 2.45) is 0 Å². The molecule has 1 aliphatic rings. The van der Waals surface area contributed by atoms with Gasteiger partial charge in [-0.3, -0.25) is 9.78 Å². The van der Waals surface area contributed by atoms with E-state index in [1.54, 1.807) is 6.20 Å². The molecule has 0 saturated carbocycles. The molecular formula is C18H20BrN3O. The van der Waals surface area contributed by atoms with Crippen molar-refractivity contribution in [2.75, 3.05) is 18.4 Å². The van der Waals surface area contributed by atoms with Crippen molar-refractivity contribution in [3.63, 3.8) is 0 Å². The predicted molar refractivity (Wildman–Crippen MR) is 96.2 cm³/mol. The van der Waals surface area contributed by atoms with Crippen molar-refractivity contribution in [1.82, 2.24) is 9.88 Å². The zero-order valence-corrected chi connectivity index (χ0v) is 14.8. The van der Waals surface area contributed by atoms with E-state index in [4.69, 9.17) is 0 Å². The predicted octanol–water partition coefficient (Wildman–Crippen LogP) is 4.52. The summed E-state index contributed by atoms with van der Waals surface area (Å²) < 4.78 is 0.998. The summed E-state index contributed by atoms with van der Waals surface area (Å²) >= 11 is 3.56. The number of aromatic nitrogens is 1. The summed E-state index contributed by atoms with van der Waals surface area (Å²) in [4.78, 5) is 18.7. The number of nitrogens with zero attached hydrogens (tertiary/aromatic N) is 2. The van der Waals surface area contributed by atoms with Crippen LogP contribution in [0.25, 0.3) is 0 Å². The Morgan fingerprint density at radius 1 is 1.17 bits per heavy atom. The average molecular weight is 374 g/mol. The molecule has 1 N–H and O–H groups in total. The molecule has 5 heteroatoms. The van der Waals surface area contributed by atoms with Gasteiger partial charge in [0, 0.05) is 29.4 Å². The minimum absolute atomic E-state index is 0.0244. The van der Waals surface area contributed by atoms with Crippen molar-refractivity contribution < 1.29 is 4.79 Å². The molecule has 0 bridgehead atoms. The molecule has 0 spiro atoms. The minimum Gasteiger partial charge on any atom is -0.354 e. The van der Waals surface area contributed by atoms with Gasteiger partial charge in [-0.2, -0.15) is 0 Å². The van der Waals surface area contributed by atoms with E-state index in [1.807, 2.05) is 29.2 Å². The highest BCUT2D eigenvalue weighted by Crippen LogP contribution is 2.27. The number of hydrogen-bond acceptors (Lipinski definition) is 3. The quantitative estimate of drug-likeness (QED) is 0.859. The smallest absolute Gasteiger partial charge is 0.272 e. The number of carbonyl (C=O) groups excluding carboxylic acids is 1. The zero-order valence-electron chi connectivity index (χ0n) is 13.2. The number of benzene rings is 1. The molecule has 0 radical (unpaired) electrons. The summed E-state index contributed by atoms with van der Waals surface area (Å²) in [5, 5.41) is 3.34. The van der Waals surface area contributed by atoms with Crippen LogP contribution in [0.1, 0.15) is 35.3 Å². The molecule has 0 aliphatic carbocycles. The standard InChI is InChI=1S/C18H20BrN3O/c1-13-5-6-16(15(19)11-13)21-14-7-8-20-17(12-14)18(23)22-9-3-2-4-10-22/h5-8,11-12H,2-4,9-10H2,1H3,(H,20,21). The summed E-state index contributed by atoms with van der Waals surface area (Å²) in [5.41, 5.74) is 3.53. The molecule has 0 unspecified atom stereocenters. The molecule has 120 valence electrons. The van der Waals surface area contributed by atoms with E-state index in [0.717, 1.165) is 41.8 Å². The van der Waals surface area contributed by atoms with Crippen LogP contribution >= 0.6 is 15.9 Å². The number of halogens is 1. The molecule has 1 aliphatic heterocycles. The third kappa shape index (κ3) is 3.91. The number of anilines is 2. The maximum atomic E-state index is 12.5. The van der Waals surface area contributed by atoms with E-state index >= 15 is 0 Å². The van der Waals surface area contributed by atoms with Gasteiger partial charge >= 0.3 is 0 Å². The van der Waals surface area contributed by atoms with Gasteiger partial charge in [0.1, 0.15) is 5.69 Å². The highest BCUT2D eigenvalue weighted by Gasteiger charge is 2.19. The molecule has 1 aromatic heterocycles. The van der Waals surface area contributed by atoms with E-state index < -0.39 is 0 Å². The molecule has 4 nitrogen and oxygen atoms in total. The third-order valence-corrected chi connectivity index (χ3v) is 4.68. The molecule has 3 rings (SSSR count). The Bertz CT molecular complexity index is 711. The van der Waals surface area contributed by atoms with Gasteiger partial charge in [-0.1, -0.05) is 6.07 Å². The van der Waals surface area contributed by atoms with Crippen molar-refractivity contribution in [2.45, 2.75) is 26.2 Å². The molecule has 2 aromatic rings. The number of hydrogen-bond donors (Lipinski definition) is 1. The van der Waals surface area contributed by atoms with Crippen molar-refractivity contribution in [1.29, 1.82) is 0 Å². The van der Waals surface area contributed by atoms with Gasteiger partial charge in [0.25, 0.3) is 5.91 Å². The first-order valence-electron chi connectivity index (χ1n) is 7.92. The molecule has 1 aromatic carbocycles. The zero-order chi connectivity index (χ0) is 16.2. The number of likely N-dealkylation sites (tertiary alicyclic amines) is 1. The molecule has 1 fully saturated rings. The van der Waals surface area contributed by atoms with Crippen LogP contribution in [0.4, 0.5) is 11.4 Å². The Balaban J connectivity index is 1.78. The van der Waals surface area contributed by atoms with Gasteiger partial charge < -0.3 is 10.2 Å². The van der Waals surface area contributed by atoms with Crippen LogP contribution in [0, 0.1) is 6.92 Å². The van der Waals surface area contributed by atoms with Crippen LogP contribution in [-0.4, -0.2) is 28.9 Å². The molecule has 1 amide bonds. The number of aryl methyl sites for hydroxylation is 1. The summed E-state index contributed by atoms with van der Waals surface area (Å²) in [6.07, 6.45) is 5.06. The molecule has 23 heavy (non-hydrogen) atoms. The van der Waals surface area contributed by atoms with E-state index in [2.05, 4.69) is 39.2 Å². The maximum absolute atomic E-state index is 12.5. The molecule has 0 atom stereocenters. The lowest BCUT2D eigenvalue weighted by Gasteiger charge is -2.26. The van der Waals surface area contributed by atoms with Crippen LogP contribution in [0.2, 0.25) is 0 Å². The van der Waals surface area contributed by atoms with Crippen LogP contribution in [0.3, 0.4) is 0 Å². The van der Waals surface area contributed by atoms with E-state index in [9.17, 15) is 4.79 Å². The summed E-state index contributed by atoms with van der Waals surface area (Å²) in [6.45, 7) is 3.72. The van der Waals surface area contributed by atoms with Gasteiger partial charge in [0.15, 0.2) is 0 Å². The SMILES string of the molecule is Cc1ccc(Nc2ccnc(C(=O)N3CCCCC3)c2)c(Br)c1. The third-order valence-electron chi connectivity index (χ3n) is 4.03. The first-order valence-corrected chi connectivity index (χ1v) is 8.71. The van der Waals surface area contributed by atoms with Crippen molar-refractivity contribution >= 4 is 33.2 Å². The number of pyridine rings is 1. The van der Waals surface area contributed by atoms with E-state index in [0.29, 0.717) is 5.69 Å². The fourth-order valence-corrected chi connectivity index (χ4v) is 3.35. The van der Waals surface area contributed by atoms with Crippen LogP contribution < -0.4 is 5.32 Å². The number of carbonyl (C=O) groups is 1. The summed E-state index contributed by atoms with van der Waals surface area (Å²) in [5.74, 6) is 0.0244. The lowest BCUT2D eigenvalue weighted by Crippen LogP contribution is -2.36. The second kappa shape index (κ2) is 7.13. The van der Waals surface area contributed by atoms with Gasteiger partial charge in [0.05, 0.1) is 5.69 Å². The Kier molecular flexibility index (Phi) is 4.96. The van der Waals surface area contributed by atoms with E-state index in [-0.39, 0.29) is 5.91 Å². The largest absolute Gasteiger partial charge is 0.354 e. The monoisotopic (exact) mass is 373 g/mol. The highest BCUT2D eigenvalue weighted by molar-refractivity contribution is 9.10. The first-order chi connectivity index (χ1) is 11.1. The lowest BCUT2D eigenvalue weighted by molar-refractivity contribution is 0.0718. The second-order valence-electron chi connectivity index (χ2n) is 5.89. The molecular weight excluding hydrogens is 354 g/mol. The van der Waals surface area contributed by atoms with Crippen molar-refractivity contribution in [3.8, 4) is 0 Å². The second-order valence-corrected chi connectivity index (χ2v) is 6.75. The summed E-state index contributed by atoms with van der Waals surface area (Å²) in [7, 11) is 0. The minimum atomic E-state index is 0.0244. The van der Waals surface area contributed by atoms with Crippen LogP contribution in [0.15, 0.2) is 41.0 Å². The topological polar surface area (TPSA) is 45.2 Å². The van der Waals surface area contributed by atoms with Gasteiger partial charge in [0.2, 0.25) is 0 Å². The number of amides is 1. The normalized spacial score (nSPS) is 14.6. The Labute approximate surface area is 145 Å². The van der Waals surface area contributed by atoms with Gasteiger partial charge in [-0.15, -0.1) is 0 Å². The molecule has 2 heterocycles. The Morgan fingerprint density at radius 3 is 2.70 bits per heavy atom. The first kappa shape index (κ1) is 16.0. The maximum Gasteiger partial charge on any atom is 0.272 e. The fraction of sp³-hybridized carbons (Fsp3) is 0.333.